The van der Waals surface area contributed by atoms with Crippen LogP contribution >= 0.6 is 15.9 Å². The van der Waals surface area contributed by atoms with E-state index >= 15 is 0 Å². The number of hydrogen-bond acceptors (Lipinski definition) is 3. The quantitative estimate of drug-likeness (QED) is 0.662. The maximum atomic E-state index is 12.4. The van der Waals surface area contributed by atoms with E-state index in [0.29, 0.717) is 4.47 Å². The predicted octanol–water partition coefficient (Wildman–Crippen LogP) is 2.34. The summed E-state index contributed by atoms with van der Waals surface area (Å²) in [5, 5.41) is 6.87. The summed E-state index contributed by atoms with van der Waals surface area (Å²) >= 11 is 3.11. The fraction of sp³-hybridized carbons (Fsp3) is 0.333. The van der Waals surface area contributed by atoms with Crippen LogP contribution in [0.4, 0.5) is 13.2 Å². The number of ether oxygens (including phenoxy) is 1. The number of amidine groups is 1. The molecule has 1 rings (SSSR count). The summed E-state index contributed by atoms with van der Waals surface area (Å²) in [7, 11) is 0. The molecule has 3 N–H and O–H groups in total. The molecule has 1 aromatic rings. The molecule has 1 aromatic heterocycles. The maximum absolute atomic E-state index is 12.4. The Kier molecular flexibility index (Phi) is 4.33. The van der Waals surface area contributed by atoms with E-state index in [1.165, 1.54) is 18.5 Å². The molecule has 0 aliphatic carbocycles. The summed E-state index contributed by atoms with van der Waals surface area (Å²) in [6.07, 6.45) is -1.84. The first-order valence-electron chi connectivity index (χ1n) is 4.44. The highest BCUT2D eigenvalue weighted by Crippen LogP contribution is 2.27. The molecule has 1 heterocycles. The molecular weight excluding hydrogens is 303 g/mol. The third kappa shape index (κ3) is 4.22. The van der Waals surface area contributed by atoms with Crippen molar-refractivity contribution in [2.75, 3.05) is 6.61 Å². The molecular formula is C9H9BrF3N3O. The Morgan fingerprint density at radius 1 is 1.53 bits per heavy atom. The maximum Gasteiger partial charge on any atom is 0.401 e. The van der Waals surface area contributed by atoms with Gasteiger partial charge in [0.25, 0.3) is 0 Å². The predicted molar refractivity (Wildman–Crippen MR) is 58.9 cm³/mol. The average Bonchev–Trinajstić information content (AvgIpc) is 2.15. The van der Waals surface area contributed by atoms with Crippen molar-refractivity contribution in [1.29, 1.82) is 5.41 Å². The van der Waals surface area contributed by atoms with Crippen molar-refractivity contribution in [1.82, 2.24) is 4.98 Å². The Labute approximate surface area is 104 Å². The van der Waals surface area contributed by atoms with E-state index in [0.717, 1.165) is 0 Å². The molecule has 0 spiro atoms. The first-order valence-corrected chi connectivity index (χ1v) is 5.24. The number of nitrogens with two attached hydrogens (primary N) is 1. The smallest absolute Gasteiger partial charge is 0.401 e. The van der Waals surface area contributed by atoms with Gasteiger partial charge < -0.3 is 10.5 Å². The van der Waals surface area contributed by atoms with Crippen LogP contribution in [0.15, 0.2) is 22.9 Å². The molecule has 0 saturated carbocycles. The number of nitrogens with zero attached hydrogens (tertiary/aromatic N) is 1. The van der Waals surface area contributed by atoms with Crippen molar-refractivity contribution >= 4 is 21.8 Å². The van der Waals surface area contributed by atoms with Crippen LogP contribution in [0.1, 0.15) is 0 Å². The Hall–Kier alpha value is -1.31. The zero-order valence-electron chi connectivity index (χ0n) is 8.46. The monoisotopic (exact) mass is 311 g/mol. The second kappa shape index (κ2) is 5.35. The van der Waals surface area contributed by atoms with Crippen LogP contribution in [-0.2, 0) is 0 Å². The molecule has 0 radical (unpaired) electrons. The van der Waals surface area contributed by atoms with Crippen molar-refractivity contribution in [2.45, 2.75) is 6.18 Å². The van der Waals surface area contributed by atoms with Gasteiger partial charge in [0, 0.05) is 10.7 Å². The molecule has 17 heavy (non-hydrogen) atoms. The zero-order chi connectivity index (χ0) is 13.1. The first-order chi connectivity index (χ1) is 7.80. The SMILES string of the molecule is N=C(N)C(COc1cncc(Br)c1)C(F)(F)F. The van der Waals surface area contributed by atoms with Crippen LogP contribution in [0.2, 0.25) is 0 Å². The van der Waals surface area contributed by atoms with Crippen molar-refractivity contribution in [3.8, 4) is 5.75 Å². The Morgan fingerprint density at radius 3 is 2.65 bits per heavy atom. The van der Waals surface area contributed by atoms with E-state index in [2.05, 4.69) is 20.9 Å². The molecule has 4 nitrogen and oxygen atoms in total. The fourth-order valence-electron chi connectivity index (χ4n) is 1.01. The van der Waals surface area contributed by atoms with Crippen LogP contribution in [0.3, 0.4) is 0 Å². The lowest BCUT2D eigenvalue weighted by molar-refractivity contribution is -0.162. The minimum Gasteiger partial charge on any atom is -0.491 e. The number of alkyl halides is 3. The van der Waals surface area contributed by atoms with E-state index in [1.807, 2.05) is 0 Å². The van der Waals surface area contributed by atoms with Crippen molar-refractivity contribution in [3.05, 3.63) is 22.9 Å². The van der Waals surface area contributed by atoms with E-state index in [9.17, 15) is 13.2 Å². The second-order valence-corrected chi connectivity index (χ2v) is 4.12. The van der Waals surface area contributed by atoms with Gasteiger partial charge >= 0.3 is 6.18 Å². The second-order valence-electron chi connectivity index (χ2n) is 3.20. The first kappa shape index (κ1) is 13.8. The van der Waals surface area contributed by atoms with Gasteiger partial charge in [-0.15, -0.1) is 0 Å². The van der Waals surface area contributed by atoms with Crippen molar-refractivity contribution in [3.63, 3.8) is 0 Å². The highest BCUT2D eigenvalue weighted by Gasteiger charge is 2.42. The molecule has 0 fully saturated rings. The van der Waals surface area contributed by atoms with Crippen LogP contribution in [0.5, 0.6) is 5.75 Å². The highest BCUT2D eigenvalue weighted by molar-refractivity contribution is 9.10. The summed E-state index contributed by atoms with van der Waals surface area (Å²) in [5.74, 6) is -2.91. The van der Waals surface area contributed by atoms with E-state index in [4.69, 9.17) is 15.9 Å². The molecule has 0 amide bonds. The van der Waals surface area contributed by atoms with Gasteiger partial charge in [-0.25, -0.2) is 0 Å². The van der Waals surface area contributed by atoms with E-state index in [1.54, 1.807) is 0 Å². The Morgan fingerprint density at radius 2 is 2.18 bits per heavy atom. The summed E-state index contributed by atoms with van der Waals surface area (Å²) in [6.45, 7) is -0.739. The van der Waals surface area contributed by atoms with Crippen LogP contribution in [0.25, 0.3) is 0 Å². The van der Waals surface area contributed by atoms with Gasteiger partial charge in [0.1, 0.15) is 24.1 Å². The fourth-order valence-corrected chi connectivity index (χ4v) is 1.36. The van der Waals surface area contributed by atoms with Gasteiger partial charge in [-0.05, 0) is 22.0 Å². The standard InChI is InChI=1S/C9H9BrF3N3O/c10-5-1-6(3-16-2-5)17-4-7(8(14)15)9(11,12)13/h1-3,7H,4H2,(H3,14,15). The molecule has 8 heteroatoms. The lowest BCUT2D eigenvalue weighted by Crippen LogP contribution is -2.39. The number of hydrogen-bond donors (Lipinski definition) is 2. The minimum absolute atomic E-state index is 0.176. The number of rotatable bonds is 4. The Balaban J connectivity index is 2.68. The number of pyridine rings is 1. The largest absolute Gasteiger partial charge is 0.491 e. The number of nitrogens with one attached hydrogen (secondary N) is 1. The van der Waals surface area contributed by atoms with E-state index in [-0.39, 0.29) is 5.75 Å². The van der Waals surface area contributed by atoms with Gasteiger partial charge in [0.15, 0.2) is 0 Å². The van der Waals surface area contributed by atoms with Gasteiger partial charge in [0.05, 0.1) is 6.20 Å². The molecule has 0 bridgehead atoms. The van der Waals surface area contributed by atoms with Crippen LogP contribution in [-0.4, -0.2) is 23.6 Å². The van der Waals surface area contributed by atoms with Gasteiger partial charge in [0.2, 0.25) is 0 Å². The lowest BCUT2D eigenvalue weighted by atomic mass is 10.1. The third-order valence-electron chi connectivity index (χ3n) is 1.87. The van der Waals surface area contributed by atoms with E-state index < -0.39 is 24.5 Å². The molecule has 94 valence electrons. The molecule has 0 aliphatic rings. The molecule has 1 unspecified atom stereocenters. The molecule has 0 saturated heterocycles. The number of aromatic nitrogens is 1. The summed E-state index contributed by atoms with van der Waals surface area (Å²) in [6, 6.07) is 1.47. The summed E-state index contributed by atoms with van der Waals surface area (Å²) in [4.78, 5) is 3.73. The lowest BCUT2D eigenvalue weighted by Gasteiger charge is -2.19. The van der Waals surface area contributed by atoms with Gasteiger partial charge in [-0.1, -0.05) is 0 Å². The summed E-state index contributed by atoms with van der Waals surface area (Å²) in [5.41, 5.74) is 4.88. The summed E-state index contributed by atoms with van der Waals surface area (Å²) < 4.78 is 42.8. The van der Waals surface area contributed by atoms with Crippen molar-refractivity contribution < 1.29 is 17.9 Å². The molecule has 1 atom stereocenters. The third-order valence-corrected chi connectivity index (χ3v) is 2.30. The van der Waals surface area contributed by atoms with Crippen LogP contribution in [0, 0.1) is 11.3 Å². The van der Waals surface area contributed by atoms with Gasteiger partial charge in [-0.3, -0.25) is 10.4 Å². The molecule has 0 aromatic carbocycles. The molecule has 0 aliphatic heterocycles. The normalized spacial score (nSPS) is 13.2. The van der Waals surface area contributed by atoms with Crippen LogP contribution < -0.4 is 10.5 Å². The van der Waals surface area contributed by atoms with Gasteiger partial charge in [-0.2, -0.15) is 13.2 Å². The topological polar surface area (TPSA) is 72.0 Å². The Bertz CT molecular complexity index is 411. The average molecular weight is 312 g/mol. The van der Waals surface area contributed by atoms with Crippen molar-refractivity contribution in [2.24, 2.45) is 11.7 Å². The highest BCUT2D eigenvalue weighted by atomic mass is 79.9. The number of halogens is 4. The zero-order valence-corrected chi connectivity index (χ0v) is 10.0. The minimum atomic E-state index is -4.59.